The van der Waals surface area contributed by atoms with E-state index in [9.17, 15) is 0 Å². The van der Waals surface area contributed by atoms with Gasteiger partial charge in [-0.3, -0.25) is 4.98 Å². The van der Waals surface area contributed by atoms with Crippen molar-refractivity contribution in [3.8, 4) is 23.0 Å². The van der Waals surface area contributed by atoms with Crippen LogP contribution in [0.4, 0.5) is 5.69 Å². The van der Waals surface area contributed by atoms with Gasteiger partial charge in [0.1, 0.15) is 28.7 Å². The Morgan fingerprint density at radius 2 is 1.00 bits per heavy atom. The van der Waals surface area contributed by atoms with Crippen LogP contribution in [-0.4, -0.2) is 10.8 Å². The van der Waals surface area contributed by atoms with E-state index in [0.29, 0.717) is 39.8 Å². The minimum absolute atomic E-state index is 0.0270. The number of nitrogens with one attached hydrogen (secondary N) is 1. The summed E-state index contributed by atoms with van der Waals surface area (Å²) in [6.07, 6.45) is 1.71. The fraction of sp³-hybridized carbons (Fsp3) is 0.0833. The number of hydrogen-bond donors (Lipinski definition) is 1. The lowest BCUT2D eigenvalue weighted by Gasteiger charge is -2.38. The third-order valence-corrected chi connectivity index (χ3v) is 11.8. The highest BCUT2D eigenvalue weighted by atomic mass is 31.2. The lowest BCUT2D eigenvalue weighted by molar-refractivity contribution is 0.355. The van der Waals surface area contributed by atoms with Crippen LogP contribution < -0.4 is 23.4 Å². The molecule has 8 nitrogen and oxygen atoms in total. The zero-order valence-electron chi connectivity index (χ0n) is 24.6. The molecule has 230 valence electrons. The summed E-state index contributed by atoms with van der Waals surface area (Å²) in [7, 11) is -8.24. The smallest absolute Gasteiger partial charge is 0.416 e. The second kappa shape index (κ2) is 12.8. The summed E-state index contributed by atoms with van der Waals surface area (Å²) in [6, 6.07) is 43.1. The van der Waals surface area contributed by atoms with Crippen molar-refractivity contribution in [2.24, 2.45) is 0 Å². The van der Waals surface area contributed by atoms with E-state index >= 15 is 9.13 Å². The normalized spacial score (nSPS) is 16.1. The molecule has 0 aliphatic carbocycles. The van der Waals surface area contributed by atoms with Crippen molar-refractivity contribution < 1.29 is 27.2 Å². The van der Waals surface area contributed by atoms with E-state index in [2.05, 4.69) is 10.3 Å². The maximum Gasteiger partial charge on any atom is 0.452 e. The fourth-order valence-electron chi connectivity index (χ4n) is 5.47. The van der Waals surface area contributed by atoms with E-state index in [0.717, 1.165) is 5.39 Å². The predicted molar refractivity (Wildman–Crippen MR) is 180 cm³/mol. The summed E-state index contributed by atoms with van der Waals surface area (Å²) >= 11 is 0. The van der Waals surface area contributed by atoms with E-state index in [1.54, 1.807) is 103 Å². The highest BCUT2D eigenvalue weighted by Gasteiger charge is 2.52. The molecule has 2 atom stereocenters. The van der Waals surface area contributed by atoms with Gasteiger partial charge in [-0.1, -0.05) is 91.0 Å². The van der Waals surface area contributed by atoms with Crippen LogP contribution in [0.3, 0.4) is 0 Å². The Balaban J connectivity index is 1.39. The highest BCUT2D eigenvalue weighted by molar-refractivity contribution is 7.56. The van der Waals surface area contributed by atoms with Gasteiger partial charge in [-0.2, -0.15) is 0 Å². The van der Waals surface area contributed by atoms with Crippen molar-refractivity contribution >= 4 is 31.8 Å². The molecule has 0 amide bonds. The molecule has 5 aromatic carbocycles. The van der Waals surface area contributed by atoms with Crippen LogP contribution in [0.25, 0.3) is 10.9 Å². The molecule has 0 fully saturated rings. The Labute approximate surface area is 267 Å². The number of benzene rings is 5. The molecule has 2 heterocycles. The molecule has 2 unspecified atom stereocenters. The van der Waals surface area contributed by atoms with Crippen molar-refractivity contribution in [3.63, 3.8) is 0 Å². The zero-order valence-corrected chi connectivity index (χ0v) is 26.4. The molecule has 1 aromatic heterocycles. The maximum absolute atomic E-state index is 15.3. The average Bonchev–Trinajstić information content (AvgIpc) is 3.09. The first-order valence-electron chi connectivity index (χ1n) is 14.8. The van der Waals surface area contributed by atoms with Gasteiger partial charge in [0.15, 0.2) is 5.78 Å². The third kappa shape index (κ3) is 6.23. The molecule has 10 heteroatoms. The highest BCUT2D eigenvalue weighted by Crippen LogP contribution is 2.68. The molecule has 1 aliphatic heterocycles. The van der Waals surface area contributed by atoms with E-state index in [1.165, 1.54) is 0 Å². The Kier molecular flexibility index (Phi) is 8.23. The van der Waals surface area contributed by atoms with Gasteiger partial charge in [0.05, 0.1) is 11.2 Å². The van der Waals surface area contributed by atoms with Gasteiger partial charge in [0.25, 0.3) is 0 Å². The number of rotatable bonds is 10. The monoisotopic (exact) mass is 648 g/mol. The van der Waals surface area contributed by atoms with Gasteiger partial charge in [0.2, 0.25) is 0 Å². The lowest BCUT2D eigenvalue weighted by Crippen LogP contribution is -2.33. The second-order valence-corrected chi connectivity index (χ2v) is 14.8. The molecule has 46 heavy (non-hydrogen) atoms. The van der Waals surface area contributed by atoms with Gasteiger partial charge in [-0.05, 0) is 60.2 Å². The molecule has 0 saturated heterocycles. The summed E-state index contributed by atoms with van der Waals surface area (Å²) < 4.78 is 55.6. The van der Waals surface area contributed by atoms with Gasteiger partial charge in [-0.15, -0.1) is 0 Å². The fourth-order valence-corrected chi connectivity index (χ4v) is 9.66. The van der Waals surface area contributed by atoms with E-state index < -0.39 is 26.6 Å². The van der Waals surface area contributed by atoms with Gasteiger partial charge >= 0.3 is 15.2 Å². The van der Waals surface area contributed by atoms with Gasteiger partial charge in [0, 0.05) is 18.0 Å². The largest absolute Gasteiger partial charge is 0.452 e. The first kappa shape index (κ1) is 29.7. The van der Waals surface area contributed by atoms with Crippen LogP contribution in [-0.2, 0) is 9.13 Å². The predicted octanol–water partition coefficient (Wildman–Crippen LogP) is 10.1. The minimum Gasteiger partial charge on any atom is -0.416 e. The molecular weight excluding hydrogens is 618 g/mol. The van der Waals surface area contributed by atoms with Crippen LogP contribution >= 0.6 is 15.2 Å². The molecule has 6 aromatic rings. The average molecular weight is 649 g/mol. The third-order valence-electron chi connectivity index (χ3n) is 7.59. The zero-order chi connectivity index (χ0) is 31.4. The van der Waals surface area contributed by atoms with Crippen molar-refractivity contribution in [1.29, 1.82) is 0 Å². The number of anilines is 1. The summed E-state index contributed by atoms with van der Waals surface area (Å²) in [5, 5.41) is 4.29. The maximum atomic E-state index is 15.3. The molecule has 1 aliphatic rings. The van der Waals surface area contributed by atoms with Crippen molar-refractivity contribution in [2.45, 2.75) is 17.9 Å². The second-order valence-electron chi connectivity index (χ2n) is 10.7. The summed E-state index contributed by atoms with van der Waals surface area (Å²) in [5.74, 6) is 0.505. The van der Waals surface area contributed by atoms with Crippen molar-refractivity contribution in [2.75, 3.05) is 5.32 Å². The molecular formula is C36H30N2O6P2. The van der Waals surface area contributed by atoms with Gasteiger partial charge in [-0.25, -0.2) is 9.13 Å². The van der Waals surface area contributed by atoms with Crippen LogP contribution in [0.15, 0.2) is 152 Å². The SMILES string of the molecule is O=P(Oc1ccccc1)(Oc1ccccc1)C1CC(P(=O)(Oc2ccccc2)Oc2ccccc2)c2ccc3cccnc3c2N1. The van der Waals surface area contributed by atoms with Crippen LogP contribution in [0.1, 0.15) is 17.6 Å². The van der Waals surface area contributed by atoms with Crippen LogP contribution in [0, 0.1) is 0 Å². The van der Waals surface area contributed by atoms with Crippen LogP contribution in [0.5, 0.6) is 23.0 Å². The van der Waals surface area contributed by atoms with Crippen molar-refractivity contribution in [3.05, 3.63) is 157 Å². The first-order chi connectivity index (χ1) is 22.5. The molecule has 7 rings (SSSR count). The number of nitrogens with zero attached hydrogens (tertiary/aromatic N) is 1. The number of aromatic nitrogens is 1. The molecule has 0 spiro atoms. The summed E-state index contributed by atoms with van der Waals surface area (Å²) in [4.78, 5) is 4.66. The van der Waals surface area contributed by atoms with E-state index in [4.69, 9.17) is 18.1 Å². The standard InChI is InChI=1S/C36H30N2O6P2/c39-45(41-28-15-5-1-6-16-28,42-29-17-7-2-8-18-29)33-26-34(38-36-32(33)24-23-27-14-13-25-37-35(27)36)46(40,43-30-19-9-3-10-20-30)44-31-21-11-4-12-22-31/h1-25,33-34,38H,26H2. The van der Waals surface area contributed by atoms with Crippen LogP contribution in [0.2, 0.25) is 0 Å². The quantitative estimate of drug-likeness (QED) is 0.147. The Morgan fingerprint density at radius 1 is 0.543 bits per heavy atom. The summed E-state index contributed by atoms with van der Waals surface area (Å²) in [5.41, 5.74) is 0.935. The molecule has 0 saturated carbocycles. The number of pyridine rings is 1. The van der Waals surface area contributed by atoms with Gasteiger partial charge < -0.3 is 23.4 Å². The number of hydrogen-bond acceptors (Lipinski definition) is 8. The van der Waals surface area contributed by atoms with Crippen molar-refractivity contribution in [1.82, 2.24) is 4.98 Å². The van der Waals surface area contributed by atoms with E-state index in [1.807, 2.05) is 48.5 Å². The number of fused-ring (bicyclic) bond motifs is 3. The minimum atomic E-state index is -4.12. The Bertz CT molecular complexity index is 1940. The van der Waals surface area contributed by atoms with E-state index in [-0.39, 0.29) is 6.42 Å². The Morgan fingerprint density at radius 3 is 1.48 bits per heavy atom. The Hall–Kier alpha value is -5.03. The number of para-hydroxylation sites is 4. The molecule has 1 N–H and O–H groups in total. The topological polar surface area (TPSA) is 96.0 Å². The lowest BCUT2D eigenvalue weighted by atomic mass is 10.00. The molecule has 0 radical (unpaired) electrons. The first-order valence-corrected chi connectivity index (χ1v) is 18.0. The summed E-state index contributed by atoms with van der Waals surface area (Å²) in [6.45, 7) is 0. The molecule has 0 bridgehead atoms.